The van der Waals surface area contributed by atoms with E-state index in [1.807, 2.05) is 0 Å². The summed E-state index contributed by atoms with van der Waals surface area (Å²) in [6.45, 7) is 2.09. The van der Waals surface area contributed by atoms with Crippen LogP contribution in [0.15, 0.2) is 58.2 Å². The molecule has 8 nitrogen and oxygen atoms in total. The number of rotatable bonds is 6. The summed E-state index contributed by atoms with van der Waals surface area (Å²) in [6, 6.07) is 10.1. The highest BCUT2D eigenvalue weighted by Gasteiger charge is 2.28. The predicted molar refractivity (Wildman–Crippen MR) is 122 cm³/mol. The van der Waals surface area contributed by atoms with E-state index in [1.54, 1.807) is 19.1 Å². The summed E-state index contributed by atoms with van der Waals surface area (Å²) in [7, 11) is -3.67. The maximum atomic E-state index is 13.8. The van der Waals surface area contributed by atoms with E-state index in [-0.39, 0.29) is 16.3 Å². The summed E-state index contributed by atoms with van der Waals surface area (Å²) >= 11 is 0. The summed E-state index contributed by atoms with van der Waals surface area (Å²) in [5.74, 6) is -2.33. The number of hydrogen-bond donors (Lipinski definition) is 1. The fourth-order valence-electron chi connectivity index (χ4n) is 3.74. The molecule has 1 N–H and O–H groups in total. The number of benzene rings is 2. The van der Waals surface area contributed by atoms with E-state index in [4.69, 9.17) is 0 Å². The minimum Gasteiger partial charge on any atom is -0.322 e. The average Bonchev–Trinajstić information content (AvgIpc) is 3.34. The molecule has 0 bridgehead atoms. The van der Waals surface area contributed by atoms with Crippen LogP contribution in [0.25, 0.3) is 11.3 Å². The van der Waals surface area contributed by atoms with Crippen LogP contribution in [0, 0.1) is 18.6 Å². The molecular formula is C23H22F2N4O4S. The van der Waals surface area contributed by atoms with Gasteiger partial charge in [-0.25, -0.2) is 21.9 Å². The Balaban J connectivity index is 1.61. The van der Waals surface area contributed by atoms with Crippen molar-refractivity contribution in [1.29, 1.82) is 0 Å². The normalized spacial score (nSPS) is 14.3. The Labute approximate surface area is 194 Å². The van der Waals surface area contributed by atoms with Crippen molar-refractivity contribution in [3.63, 3.8) is 0 Å². The Morgan fingerprint density at radius 1 is 1.06 bits per heavy atom. The average molecular weight is 489 g/mol. The largest absolute Gasteiger partial charge is 0.322 e. The second-order valence-corrected chi connectivity index (χ2v) is 9.88. The molecule has 0 aliphatic carbocycles. The minimum absolute atomic E-state index is 0.158. The highest BCUT2D eigenvalue weighted by Crippen LogP contribution is 2.27. The fourth-order valence-corrected chi connectivity index (χ4v) is 5.51. The lowest BCUT2D eigenvalue weighted by molar-refractivity contribution is -0.117. The van der Waals surface area contributed by atoms with Gasteiger partial charge in [-0.3, -0.25) is 9.59 Å². The van der Waals surface area contributed by atoms with Crippen molar-refractivity contribution in [3.05, 3.63) is 76.1 Å². The van der Waals surface area contributed by atoms with Crippen LogP contribution in [-0.2, 0) is 21.4 Å². The van der Waals surface area contributed by atoms with Crippen molar-refractivity contribution in [3.8, 4) is 11.3 Å². The van der Waals surface area contributed by atoms with Crippen LogP contribution in [0.5, 0.6) is 0 Å². The van der Waals surface area contributed by atoms with Gasteiger partial charge in [0.15, 0.2) is 0 Å². The van der Waals surface area contributed by atoms with E-state index >= 15 is 0 Å². The lowest BCUT2D eigenvalue weighted by Gasteiger charge is -2.18. The molecule has 1 amide bonds. The van der Waals surface area contributed by atoms with Crippen molar-refractivity contribution in [2.24, 2.45) is 0 Å². The molecule has 11 heteroatoms. The van der Waals surface area contributed by atoms with Crippen LogP contribution in [0.1, 0.15) is 18.4 Å². The standard InChI is InChI=1S/C23H22F2N4O4S/c1-15-4-5-16(12-21(15)34(32,33)28-10-2-3-11-28)19-8-9-23(31)29(27-19)14-22(30)26-20-13-17(24)6-7-18(20)25/h4-9,12-13H,2-3,10-11,14H2,1H3,(H,26,30). The summed E-state index contributed by atoms with van der Waals surface area (Å²) in [5.41, 5.74) is 0.372. The van der Waals surface area contributed by atoms with Gasteiger partial charge in [-0.2, -0.15) is 9.40 Å². The molecular weight excluding hydrogens is 466 g/mol. The van der Waals surface area contributed by atoms with Crippen molar-refractivity contribution in [2.45, 2.75) is 31.2 Å². The highest BCUT2D eigenvalue weighted by molar-refractivity contribution is 7.89. The second-order valence-electron chi connectivity index (χ2n) is 7.98. The van der Waals surface area contributed by atoms with E-state index in [2.05, 4.69) is 10.4 Å². The third-order valence-electron chi connectivity index (χ3n) is 5.53. The van der Waals surface area contributed by atoms with Crippen LogP contribution < -0.4 is 10.9 Å². The molecule has 1 aliphatic heterocycles. The zero-order valence-electron chi connectivity index (χ0n) is 18.3. The third-order valence-corrected chi connectivity index (χ3v) is 7.57. The SMILES string of the molecule is Cc1ccc(-c2ccc(=O)n(CC(=O)Nc3cc(F)ccc3F)n2)cc1S(=O)(=O)N1CCCC1. The van der Waals surface area contributed by atoms with E-state index < -0.39 is 39.7 Å². The van der Waals surface area contributed by atoms with E-state index in [1.165, 1.54) is 22.5 Å². The predicted octanol–water partition coefficient (Wildman–Crippen LogP) is 2.92. The van der Waals surface area contributed by atoms with Crippen molar-refractivity contribution in [2.75, 3.05) is 18.4 Å². The first-order valence-corrected chi connectivity index (χ1v) is 12.0. The fraction of sp³-hybridized carbons (Fsp3) is 0.261. The lowest BCUT2D eigenvalue weighted by Crippen LogP contribution is -2.29. The second kappa shape index (κ2) is 9.43. The van der Waals surface area contributed by atoms with Gasteiger partial charge in [0.25, 0.3) is 5.56 Å². The molecule has 3 aromatic rings. The quantitative estimate of drug-likeness (QED) is 0.575. The number of nitrogens with zero attached hydrogens (tertiary/aromatic N) is 3. The number of nitrogens with one attached hydrogen (secondary N) is 1. The zero-order chi connectivity index (χ0) is 24.5. The molecule has 0 atom stereocenters. The monoisotopic (exact) mass is 488 g/mol. The first kappa shape index (κ1) is 23.7. The van der Waals surface area contributed by atoms with Crippen LogP contribution in [0.2, 0.25) is 0 Å². The number of sulfonamides is 1. The number of amides is 1. The summed E-state index contributed by atoms with van der Waals surface area (Å²) in [4.78, 5) is 24.7. The maximum Gasteiger partial charge on any atom is 0.267 e. The topological polar surface area (TPSA) is 101 Å². The van der Waals surface area contributed by atoms with Crippen LogP contribution >= 0.6 is 0 Å². The number of carbonyl (C=O) groups is 1. The van der Waals surface area contributed by atoms with E-state index in [0.29, 0.717) is 24.2 Å². The van der Waals surface area contributed by atoms with Gasteiger partial charge >= 0.3 is 0 Å². The van der Waals surface area contributed by atoms with Gasteiger partial charge in [0.05, 0.1) is 16.3 Å². The Morgan fingerprint density at radius 2 is 1.79 bits per heavy atom. The molecule has 1 fully saturated rings. The summed E-state index contributed by atoms with van der Waals surface area (Å²) in [5, 5.41) is 6.40. The number of aromatic nitrogens is 2. The number of anilines is 1. The molecule has 0 saturated carbocycles. The van der Waals surface area contributed by atoms with Crippen molar-refractivity contribution >= 4 is 21.6 Å². The minimum atomic E-state index is -3.67. The first-order chi connectivity index (χ1) is 16.1. The van der Waals surface area contributed by atoms with E-state index in [0.717, 1.165) is 35.7 Å². The highest BCUT2D eigenvalue weighted by atomic mass is 32.2. The van der Waals surface area contributed by atoms with E-state index in [9.17, 15) is 26.8 Å². The molecule has 1 aliphatic rings. The molecule has 34 heavy (non-hydrogen) atoms. The zero-order valence-corrected chi connectivity index (χ0v) is 19.1. The molecule has 178 valence electrons. The lowest BCUT2D eigenvalue weighted by atomic mass is 10.1. The molecule has 0 unspecified atom stereocenters. The van der Waals surface area contributed by atoms with Crippen molar-refractivity contribution in [1.82, 2.24) is 14.1 Å². The van der Waals surface area contributed by atoms with Gasteiger partial charge in [-0.05, 0) is 49.6 Å². The van der Waals surface area contributed by atoms with Gasteiger partial charge in [-0.15, -0.1) is 0 Å². The Bertz CT molecular complexity index is 1420. The number of aryl methyl sites for hydroxylation is 1. The number of carbonyl (C=O) groups excluding carboxylic acids is 1. The number of hydrogen-bond acceptors (Lipinski definition) is 5. The molecule has 1 aromatic heterocycles. The molecule has 2 aromatic carbocycles. The summed E-state index contributed by atoms with van der Waals surface area (Å²) in [6.07, 6.45) is 1.62. The van der Waals surface area contributed by atoms with Gasteiger partial charge in [0.1, 0.15) is 18.2 Å². The van der Waals surface area contributed by atoms with Crippen molar-refractivity contribution < 1.29 is 22.0 Å². The molecule has 2 heterocycles. The maximum absolute atomic E-state index is 13.8. The molecule has 1 saturated heterocycles. The third kappa shape index (κ3) is 4.90. The van der Waals surface area contributed by atoms with Crippen LogP contribution in [0.3, 0.4) is 0 Å². The Morgan fingerprint density at radius 3 is 2.53 bits per heavy atom. The molecule has 0 radical (unpaired) electrons. The first-order valence-electron chi connectivity index (χ1n) is 10.6. The molecule has 4 rings (SSSR count). The van der Waals surface area contributed by atoms with Gasteiger partial charge in [-0.1, -0.05) is 12.1 Å². The summed E-state index contributed by atoms with van der Waals surface area (Å²) < 4.78 is 55.6. The van der Waals surface area contributed by atoms with Crippen LogP contribution in [0.4, 0.5) is 14.5 Å². The van der Waals surface area contributed by atoms with Crippen LogP contribution in [-0.4, -0.2) is 41.5 Å². The molecule has 0 spiro atoms. The van der Waals surface area contributed by atoms with Gasteiger partial charge in [0.2, 0.25) is 15.9 Å². The van der Waals surface area contributed by atoms with Gasteiger partial charge in [0, 0.05) is 30.8 Å². The smallest absolute Gasteiger partial charge is 0.267 e. The van der Waals surface area contributed by atoms with Gasteiger partial charge < -0.3 is 5.32 Å². The Hall–Kier alpha value is -3.44. The Kier molecular flexibility index (Phi) is 6.58. The number of halogens is 2.